The molecule has 23 heavy (non-hydrogen) atoms. The minimum absolute atomic E-state index is 0.00469. The maximum atomic E-state index is 13.8. The number of aromatic nitrogens is 3. The molecule has 3 heterocycles. The second-order valence-electron chi connectivity index (χ2n) is 5.05. The number of fused-ring (bicyclic) bond motifs is 1. The molecule has 0 fully saturated rings. The van der Waals surface area contributed by atoms with Crippen LogP contribution in [0, 0.1) is 24.0 Å². The molecule has 6 heteroatoms. The summed E-state index contributed by atoms with van der Waals surface area (Å²) in [4.78, 5) is 8.41. The fraction of sp³-hybridized carbons (Fsp3) is 0.176. The number of nitrogens with zero attached hydrogens (tertiary/aromatic N) is 3. The minimum Gasteiger partial charge on any atom is -0.301 e. The zero-order valence-electron chi connectivity index (χ0n) is 12.0. The van der Waals surface area contributed by atoms with Crippen LogP contribution in [-0.4, -0.2) is 14.4 Å². The topological polar surface area (TPSA) is 30.2 Å². The van der Waals surface area contributed by atoms with E-state index in [1.54, 1.807) is 18.2 Å². The van der Waals surface area contributed by atoms with Gasteiger partial charge in [-0.1, -0.05) is 6.07 Å². The normalized spacial score (nSPS) is 12.3. The van der Waals surface area contributed by atoms with Crippen LogP contribution in [0.4, 0.5) is 13.2 Å². The lowest BCUT2D eigenvalue weighted by molar-refractivity contribution is 0.474. The summed E-state index contributed by atoms with van der Waals surface area (Å²) in [6.07, 6.45) is 8.30. The Balaban J connectivity index is 2.11. The van der Waals surface area contributed by atoms with E-state index in [-0.39, 0.29) is 17.8 Å². The van der Waals surface area contributed by atoms with Crippen molar-refractivity contribution in [3.63, 3.8) is 0 Å². The SMILES string of the molecule is C#CCC(c1cccc(CF)n1)c1cn2cc(F)cc(F)c2n1. The molecule has 0 spiro atoms. The van der Waals surface area contributed by atoms with E-state index < -0.39 is 24.2 Å². The van der Waals surface area contributed by atoms with Crippen LogP contribution in [0.3, 0.4) is 0 Å². The molecule has 0 amide bonds. The molecule has 0 bridgehead atoms. The van der Waals surface area contributed by atoms with Crippen LogP contribution in [0.5, 0.6) is 0 Å². The zero-order chi connectivity index (χ0) is 16.4. The van der Waals surface area contributed by atoms with Crippen molar-refractivity contribution in [1.29, 1.82) is 0 Å². The van der Waals surface area contributed by atoms with Gasteiger partial charge in [-0.05, 0) is 12.1 Å². The first kappa shape index (κ1) is 15.1. The number of imidazole rings is 1. The summed E-state index contributed by atoms with van der Waals surface area (Å²) < 4.78 is 41.2. The molecule has 0 saturated carbocycles. The summed E-state index contributed by atoms with van der Waals surface area (Å²) in [5, 5.41) is 0. The molecule has 1 atom stereocenters. The number of alkyl halides is 1. The van der Waals surface area contributed by atoms with Gasteiger partial charge in [0.2, 0.25) is 0 Å². The third-order valence-corrected chi connectivity index (χ3v) is 3.49. The van der Waals surface area contributed by atoms with Crippen LogP contribution in [-0.2, 0) is 6.67 Å². The highest BCUT2D eigenvalue weighted by molar-refractivity contribution is 5.43. The van der Waals surface area contributed by atoms with Crippen molar-refractivity contribution in [2.45, 2.75) is 19.0 Å². The second-order valence-corrected chi connectivity index (χ2v) is 5.05. The molecule has 3 aromatic heterocycles. The minimum atomic E-state index is -0.763. The van der Waals surface area contributed by atoms with Crippen molar-refractivity contribution < 1.29 is 13.2 Å². The lowest BCUT2D eigenvalue weighted by Gasteiger charge is -2.11. The van der Waals surface area contributed by atoms with Crippen LogP contribution >= 0.6 is 0 Å². The van der Waals surface area contributed by atoms with Crippen molar-refractivity contribution >= 4 is 5.65 Å². The monoisotopic (exact) mass is 315 g/mol. The molecule has 0 aromatic carbocycles. The molecule has 3 nitrogen and oxygen atoms in total. The van der Waals surface area contributed by atoms with E-state index >= 15 is 0 Å². The fourth-order valence-electron chi connectivity index (χ4n) is 2.46. The summed E-state index contributed by atoms with van der Waals surface area (Å²) in [6, 6.07) is 5.72. The fourth-order valence-corrected chi connectivity index (χ4v) is 2.46. The molecule has 3 rings (SSSR count). The Morgan fingerprint density at radius 3 is 2.74 bits per heavy atom. The van der Waals surface area contributed by atoms with Crippen LogP contribution in [0.25, 0.3) is 5.65 Å². The van der Waals surface area contributed by atoms with Gasteiger partial charge in [0, 0.05) is 24.9 Å². The number of halogens is 3. The number of rotatable bonds is 4. The Morgan fingerprint density at radius 1 is 1.17 bits per heavy atom. The predicted molar refractivity (Wildman–Crippen MR) is 79.5 cm³/mol. The Hall–Kier alpha value is -2.81. The summed E-state index contributed by atoms with van der Waals surface area (Å²) >= 11 is 0. The maximum Gasteiger partial charge on any atom is 0.173 e. The van der Waals surface area contributed by atoms with Crippen LogP contribution in [0.1, 0.15) is 29.4 Å². The summed E-state index contributed by atoms with van der Waals surface area (Å²) in [6.45, 7) is -0.693. The largest absolute Gasteiger partial charge is 0.301 e. The third-order valence-electron chi connectivity index (χ3n) is 3.49. The van der Waals surface area contributed by atoms with Crippen LogP contribution < -0.4 is 0 Å². The van der Waals surface area contributed by atoms with Crippen molar-refractivity contribution in [2.24, 2.45) is 0 Å². The standard InChI is InChI=1S/C17H12F3N3/c1-2-4-13(15-6-3-5-12(8-18)21-15)16-10-23-9-11(19)7-14(20)17(23)22-16/h1,3,5-7,9-10,13H,4,8H2. The molecular formula is C17H12F3N3. The van der Waals surface area contributed by atoms with Gasteiger partial charge in [0.15, 0.2) is 11.5 Å². The van der Waals surface area contributed by atoms with Gasteiger partial charge < -0.3 is 4.40 Å². The van der Waals surface area contributed by atoms with Gasteiger partial charge in [0.05, 0.1) is 23.0 Å². The molecule has 0 aliphatic carbocycles. The summed E-state index contributed by atoms with van der Waals surface area (Å²) in [5.74, 6) is 0.633. The van der Waals surface area contributed by atoms with E-state index in [9.17, 15) is 13.2 Å². The second kappa shape index (κ2) is 6.13. The molecular weight excluding hydrogens is 303 g/mol. The molecule has 0 radical (unpaired) electrons. The van der Waals surface area contributed by atoms with E-state index in [1.165, 1.54) is 10.6 Å². The van der Waals surface area contributed by atoms with Crippen LogP contribution in [0.15, 0.2) is 36.7 Å². The highest BCUT2D eigenvalue weighted by Gasteiger charge is 2.20. The lowest BCUT2D eigenvalue weighted by Crippen LogP contribution is -2.05. The van der Waals surface area contributed by atoms with Gasteiger partial charge in [-0.25, -0.2) is 18.2 Å². The smallest absolute Gasteiger partial charge is 0.173 e. The first-order valence-electron chi connectivity index (χ1n) is 6.91. The molecule has 0 N–H and O–H groups in total. The first-order chi connectivity index (χ1) is 11.1. The Labute approximate surface area is 130 Å². The lowest BCUT2D eigenvalue weighted by atomic mass is 9.97. The van der Waals surface area contributed by atoms with Gasteiger partial charge in [0.1, 0.15) is 12.5 Å². The van der Waals surface area contributed by atoms with Crippen molar-refractivity contribution in [2.75, 3.05) is 0 Å². The van der Waals surface area contributed by atoms with E-state index in [0.29, 0.717) is 11.4 Å². The Kier molecular flexibility index (Phi) is 4.02. The van der Waals surface area contributed by atoms with Gasteiger partial charge >= 0.3 is 0 Å². The first-order valence-corrected chi connectivity index (χ1v) is 6.91. The Morgan fingerprint density at radius 2 is 2.00 bits per heavy atom. The molecule has 116 valence electrons. The average molecular weight is 315 g/mol. The average Bonchev–Trinajstić information content (AvgIpc) is 2.96. The molecule has 0 aliphatic rings. The van der Waals surface area contributed by atoms with Crippen molar-refractivity contribution in [3.05, 3.63) is 65.4 Å². The number of pyridine rings is 2. The number of terminal acetylenes is 1. The van der Waals surface area contributed by atoms with Crippen molar-refractivity contribution in [1.82, 2.24) is 14.4 Å². The summed E-state index contributed by atoms with van der Waals surface area (Å²) in [7, 11) is 0. The number of hydrogen-bond acceptors (Lipinski definition) is 2. The molecule has 0 aliphatic heterocycles. The number of hydrogen-bond donors (Lipinski definition) is 0. The van der Waals surface area contributed by atoms with Crippen molar-refractivity contribution in [3.8, 4) is 12.3 Å². The maximum absolute atomic E-state index is 13.8. The van der Waals surface area contributed by atoms with E-state index in [0.717, 1.165) is 12.3 Å². The molecule has 0 saturated heterocycles. The predicted octanol–water partition coefficient (Wildman–Crippen LogP) is 3.63. The third kappa shape index (κ3) is 2.90. The van der Waals surface area contributed by atoms with Gasteiger partial charge in [-0.15, -0.1) is 12.3 Å². The van der Waals surface area contributed by atoms with Gasteiger partial charge in [-0.3, -0.25) is 4.98 Å². The van der Waals surface area contributed by atoms with E-state index in [2.05, 4.69) is 15.9 Å². The zero-order valence-corrected chi connectivity index (χ0v) is 12.0. The van der Waals surface area contributed by atoms with Gasteiger partial charge in [-0.2, -0.15) is 0 Å². The highest BCUT2D eigenvalue weighted by Crippen LogP contribution is 2.27. The molecule has 1 unspecified atom stereocenters. The van der Waals surface area contributed by atoms with E-state index in [4.69, 9.17) is 6.42 Å². The highest BCUT2D eigenvalue weighted by atomic mass is 19.1. The molecule has 3 aromatic rings. The summed E-state index contributed by atoms with van der Waals surface area (Å²) in [5.41, 5.74) is 1.29. The van der Waals surface area contributed by atoms with E-state index in [1.807, 2.05) is 0 Å². The Bertz CT molecular complexity index is 896. The van der Waals surface area contributed by atoms with Crippen LogP contribution in [0.2, 0.25) is 0 Å². The van der Waals surface area contributed by atoms with Gasteiger partial charge in [0.25, 0.3) is 0 Å². The quantitative estimate of drug-likeness (QED) is 0.688.